The molecule has 3 amide bonds. The van der Waals surface area contributed by atoms with Crippen LogP contribution in [0, 0.1) is 5.82 Å². The van der Waals surface area contributed by atoms with E-state index in [0.29, 0.717) is 48.0 Å². The number of amides is 3. The van der Waals surface area contributed by atoms with E-state index >= 15 is 4.39 Å². The Morgan fingerprint density at radius 2 is 1.76 bits per heavy atom. The van der Waals surface area contributed by atoms with Gasteiger partial charge in [0.1, 0.15) is 18.9 Å². The van der Waals surface area contributed by atoms with Gasteiger partial charge in [0.15, 0.2) is 0 Å². The van der Waals surface area contributed by atoms with Crippen LogP contribution in [0.15, 0.2) is 36.5 Å². The van der Waals surface area contributed by atoms with Crippen molar-refractivity contribution in [2.75, 3.05) is 33.3 Å². The molecule has 220 valence electrons. The van der Waals surface area contributed by atoms with Crippen molar-refractivity contribution in [1.82, 2.24) is 35.1 Å². The van der Waals surface area contributed by atoms with Crippen LogP contribution in [-0.2, 0) is 37.5 Å². The van der Waals surface area contributed by atoms with Crippen LogP contribution in [0.4, 0.5) is 4.39 Å². The number of carbonyl (C=O) groups excluding carboxylic acids is 4. The molecule has 1 aliphatic rings. The second-order valence-corrected chi connectivity index (χ2v) is 10.3. The van der Waals surface area contributed by atoms with Crippen molar-refractivity contribution < 1.29 is 28.3 Å². The van der Waals surface area contributed by atoms with Crippen molar-refractivity contribution in [2.45, 2.75) is 32.2 Å². The number of methoxy groups -OCH3 is 1. The predicted molar refractivity (Wildman–Crippen MR) is 152 cm³/mol. The van der Waals surface area contributed by atoms with Gasteiger partial charge in [-0.3, -0.25) is 28.5 Å². The van der Waals surface area contributed by atoms with E-state index in [4.69, 9.17) is 5.10 Å². The van der Waals surface area contributed by atoms with Crippen LogP contribution < -0.4 is 10.6 Å². The average Bonchev–Trinajstić information content (AvgIpc) is 3.54. The molecule has 5 rings (SSSR count). The summed E-state index contributed by atoms with van der Waals surface area (Å²) in [5.74, 6) is -2.00. The summed E-state index contributed by atoms with van der Waals surface area (Å²) in [5, 5.41) is 15.4. The van der Waals surface area contributed by atoms with Gasteiger partial charge in [-0.15, -0.1) is 0 Å². The van der Waals surface area contributed by atoms with Crippen LogP contribution in [0.3, 0.4) is 0 Å². The van der Waals surface area contributed by atoms with Crippen molar-refractivity contribution >= 4 is 45.5 Å². The van der Waals surface area contributed by atoms with Gasteiger partial charge in [0.2, 0.25) is 17.7 Å². The fourth-order valence-corrected chi connectivity index (χ4v) is 5.41. The quantitative estimate of drug-likeness (QED) is 0.305. The molecule has 42 heavy (non-hydrogen) atoms. The summed E-state index contributed by atoms with van der Waals surface area (Å²) in [6, 6.07) is 8.70. The largest absolute Gasteiger partial charge is 0.468 e. The summed E-state index contributed by atoms with van der Waals surface area (Å²) in [4.78, 5) is 49.9. The molecule has 13 heteroatoms. The van der Waals surface area contributed by atoms with Gasteiger partial charge in [0, 0.05) is 49.3 Å². The third kappa shape index (κ3) is 5.80. The Labute approximate surface area is 240 Å². The van der Waals surface area contributed by atoms with Gasteiger partial charge < -0.3 is 20.3 Å². The second-order valence-electron chi connectivity index (χ2n) is 10.3. The Morgan fingerprint density at radius 3 is 2.48 bits per heavy atom. The highest BCUT2D eigenvalue weighted by Gasteiger charge is 2.28. The summed E-state index contributed by atoms with van der Waals surface area (Å²) in [6.07, 6.45) is 2.97. The van der Waals surface area contributed by atoms with Crippen molar-refractivity contribution in [3.8, 4) is 11.1 Å². The maximum atomic E-state index is 15.5. The second kappa shape index (κ2) is 12.0. The first-order valence-corrected chi connectivity index (χ1v) is 13.6. The first kappa shape index (κ1) is 28.7. The molecule has 0 bridgehead atoms. The van der Waals surface area contributed by atoms with Crippen LogP contribution in [0.5, 0.6) is 0 Å². The fraction of sp³-hybridized carbons (Fsp3) is 0.379. The molecular weight excluding hydrogens is 545 g/mol. The zero-order chi connectivity index (χ0) is 30.0. The molecule has 0 saturated carbocycles. The SMILES string of the molecule is COC(=O)CNC(=O)CNC(=O)Cn1nc(C2CCN(C(C)=O)CC2)c2c(-c3cc4c(cnn4C)cc3F)cccc21. The van der Waals surface area contributed by atoms with Gasteiger partial charge in [0.25, 0.3) is 0 Å². The molecule has 4 aromatic rings. The topological polar surface area (TPSA) is 140 Å². The number of hydrogen-bond donors (Lipinski definition) is 2. The van der Waals surface area contributed by atoms with E-state index in [0.717, 1.165) is 16.6 Å². The van der Waals surface area contributed by atoms with Gasteiger partial charge in [-0.25, -0.2) is 4.39 Å². The van der Waals surface area contributed by atoms with Crippen molar-refractivity contribution in [3.63, 3.8) is 0 Å². The molecule has 3 heterocycles. The molecule has 2 N–H and O–H groups in total. The van der Waals surface area contributed by atoms with Gasteiger partial charge in [-0.1, -0.05) is 12.1 Å². The number of benzene rings is 2. The number of piperidine rings is 1. The van der Waals surface area contributed by atoms with E-state index in [1.165, 1.54) is 13.2 Å². The summed E-state index contributed by atoms with van der Waals surface area (Å²) in [6.45, 7) is 1.89. The standard InChI is InChI=1S/C29H32FN7O5/c1-17(38)36-9-7-18(8-10-36)29-28-20(21-12-24-19(11-22(21)30)13-33-35(24)2)5-4-6-23(28)37(34-29)16-26(40)31-14-25(39)32-15-27(41)42-3/h4-6,11-13,18H,7-10,14-16H2,1-3H3,(H,31,40)(H,32,39). The maximum absolute atomic E-state index is 15.5. The number of halogens is 1. The molecule has 2 aromatic heterocycles. The molecule has 1 saturated heterocycles. The molecule has 0 spiro atoms. The lowest BCUT2D eigenvalue weighted by Crippen LogP contribution is -2.40. The number of likely N-dealkylation sites (tertiary alicyclic amines) is 1. The van der Waals surface area contributed by atoms with Crippen LogP contribution >= 0.6 is 0 Å². The Hall–Kier alpha value is -4.81. The normalized spacial score (nSPS) is 13.9. The number of aryl methyl sites for hydroxylation is 1. The van der Waals surface area contributed by atoms with Crippen molar-refractivity contribution in [3.05, 3.63) is 48.0 Å². The number of aromatic nitrogens is 4. The molecule has 1 aliphatic heterocycles. The molecule has 0 atom stereocenters. The number of nitrogens with zero attached hydrogens (tertiary/aromatic N) is 5. The minimum atomic E-state index is -0.603. The summed E-state index contributed by atoms with van der Waals surface area (Å²) < 4.78 is 23.3. The van der Waals surface area contributed by atoms with Gasteiger partial charge in [-0.2, -0.15) is 10.2 Å². The van der Waals surface area contributed by atoms with Gasteiger partial charge in [-0.05, 0) is 36.6 Å². The predicted octanol–water partition coefficient (Wildman–Crippen LogP) is 1.86. The minimum Gasteiger partial charge on any atom is -0.468 e. The van der Waals surface area contributed by atoms with E-state index in [2.05, 4.69) is 20.5 Å². The Kier molecular flexibility index (Phi) is 8.18. The molecule has 2 aromatic carbocycles. The Balaban J connectivity index is 1.49. The molecule has 12 nitrogen and oxygen atoms in total. The Bertz CT molecular complexity index is 1690. The van der Waals surface area contributed by atoms with Crippen LogP contribution in [0.2, 0.25) is 0 Å². The highest BCUT2D eigenvalue weighted by Crippen LogP contribution is 2.39. The number of hydrogen-bond acceptors (Lipinski definition) is 7. The lowest BCUT2D eigenvalue weighted by Gasteiger charge is -2.30. The number of nitrogens with one attached hydrogen (secondary N) is 2. The third-order valence-electron chi connectivity index (χ3n) is 7.65. The monoisotopic (exact) mass is 577 g/mol. The van der Waals surface area contributed by atoms with Crippen LogP contribution in [-0.4, -0.2) is 81.4 Å². The average molecular weight is 578 g/mol. The molecule has 0 radical (unpaired) electrons. The fourth-order valence-electron chi connectivity index (χ4n) is 5.41. The highest BCUT2D eigenvalue weighted by molar-refractivity contribution is 6.00. The van der Waals surface area contributed by atoms with Crippen molar-refractivity contribution in [2.24, 2.45) is 7.05 Å². The van der Waals surface area contributed by atoms with Gasteiger partial charge in [0.05, 0.1) is 36.6 Å². The lowest BCUT2D eigenvalue weighted by molar-refractivity contribution is -0.141. The van der Waals surface area contributed by atoms with E-state index < -0.39 is 23.6 Å². The number of rotatable bonds is 8. The van der Waals surface area contributed by atoms with E-state index in [9.17, 15) is 19.2 Å². The summed E-state index contributed by atoms with van der Waals surface area (Å²) in [7, 11) is 3.01. The number of esters is 1. The van der Waals surface area contributed by atoms with Crippen LogP contribution in [0.25, 0.3) is 32.9 Å². The number of fused-ring (bicyclic) bond motifs is 2. The number of carbonyl (C=O) groups is 4. The lowest BCUT2D eigenvalue weighted by atomic mass is 9.89. The van der Waals surface area contributed by atoms with Crippen LogP contribution in [0.1, 0.15) is 31.4 Å². The zero-order valence-electron chi connectivity index (χ0n) is 23.6. The smallest absolute Gasteiger partial charge is 0.325 e. The molecule has 0 unspecified atom stereocenters. The zero-order valence-corrected chi connectivity index (χ0v) is 23.6. The molecule has 1 fully saturated rings. The maximum Gasteiger partial charge on any atom is 0.325 e. The first-order valence-electron chi connectivity index (χ1n) is 13.6. The third-order valence-corrected chi connectivity index (χ3v) is 7.65. The van der Waals surface area contributed by atoms with E-state index in [1.54, 1.807) is 46.6 Å². The number of ether oxygens (including phenoxy) is 1. The van der Waals surface area contributed by atoms with E-state index in [1.807, 2.05) is 12.1 Å². The Morgan fingerprint density at radius 1 is 1.02 bits per heavy atom. The summed E-state index contributed by atoms with van der Waals surface area (Å²) >= 11 is 0. The highest BCUT2D eigenvalue weighted by atomic mass is 19.1. The minimum absolute atomic E-state index is 0.0128. The molecule has 0 aliphatic carbocycles. The first-order chi connectivity index (χ1) is 20.2. The molecular formula is C29H32FN7O5. The summed E-state index contributed by atoms with van der Waals surface area (Å²) in [5.41, 5.74) is 3.19. The van der Waals surface area contributed by atoms with Crippen molar-refractivity contribution in [1.29, 1.82) is 0 Å². The van der Waals surface area contributed by atoms with E-state index in [-0.39, 0.29) is 31.5 Å². The van der Waals surface area contributed by atoms with Gasteiger partial charge >= 0.3 is 5.97 Å².